The molecule has 3 rings (SSSR count). The Morgan fingerprint density at radius 3 is 2.63 bits per heavy atom. The Kier molecular flexibility index (Phi) is 6.25. The average Bonchev–Trinajstić information content (AvgIpc) is 2.78. The predicted octanol–water partition coefficient (Wildman–Crippen LogP) is 3.49. The normalized spacial score (nSPS) is 10.0. The van der Waals surface area contributed by atoms with E-state index in [0.29, 0.717) is 17.1 Å². The lowest BCUT2D eigenvalue weighted by atomic mass is 10.1. The Morgan fingerprint density at radius 2 is 1.97 bits per heavy atom. The molecule has 0 bridgehead atoms. The first-order valence-electron chi connectivity index (χ1n) is 8.81. The van der Waals surface area contributed by atoms with Crippen LogP contribution in [-0.2, 0) is 6.61 Å². The van der Waals surface area contributed by atoms with E-state index < -0.39 is 11.9 Å². The number of carbonyl (C=O) groups excluding carboxylic acids is 1. The highest BCUT2D eigenvalue weighted by atomic mass is 16.5. The molecular formula is C22H17N3O5. The van der Waals surface area contributed by atoms with E-state index >= 15 is 0 Å². The zero-order valence-electron chi connectivity index (χ0n) is 16.0. The number of amides is 1. The molecule has 0 fully saturated rings. The van der Waals surface area contributed by atoms with E-state index in [1.165, 1.54) is 25.3 Å². The number of methoxy groups -OCH3 is 1. The molecule has 150 valence electrons. The number of rotatable bonds is 7. The molecule has 0 aliphatic rings. The van der Waals surface area contributed by atoms with E-state index in [2.05, 4.69) is 16.4 Å². The highest BCUT2D eigenvalue weighted by molar-refractivity contribution is 6.06. The van der Waals surface area contributed by atoms with Gasteiger partial charge in [0.25, 0.3) is 5.91 Å². The van der Waals surface area contributed by atoms with Crippen molar-refractivity contribution >= 4 is 17.7 Å². The Morgan fingerprint density at radius 1 is 1.17 bits per heavy atom. The summed E-state index contributed by atoms with van der Waals surface area (Å²) in [5.74, 6) is -0.654. The summed E-state index contributed by atoms with van der Waals surface area (Å²) in [6.45, 7) is 0.162. The molecular weight excluding hydrogens is 386 g/mol. The lowest BCUT2D eigenvalue weighted by Gasteiger charge is -2.12. The van der Waals surface area contributed by atoms with Crippen LogP contribution in [0.1, 0.15) is 31.8 Å². The minimum Gasteiger partial charge on any atom is -0.496 e. The zero-order valence-corrected chi connectivity index (χ0v) is 16.0. The Balaban J connectivity index is 1.77. The van der Waals surface area contributed by atoms with Gasteiger partial charge in [-0.3, -0.25) is 4.79 Å². The summed E-state index contributed by atoms with van der Waals surface area (Å²) in [5.41, 5.74) is 1.47. The zero-order chi connectivity index (χ0) is 21.5. The van der Waals surface area contributed by atoms with Gasteiger partial charge >= 0.3 is 5.97 Å². The third-order valence-electron chi connectivity index (χ3n) is 4.20. The maximum absolute atomic E-state index is 12.7. The molecule has 8 heteroatoms. The quantitative estimate of drug-likeness (QED) is 0.619. The number of aromatic carboxylic acids is 1. The molecule has 0 unspecified atom stereocenters. The number of carboxylic acids is 1. The van der Waals surface area contributed by atoms with Gasteiger partial charge in [-0.05, 0) is 36.4 Å². The molecule has 3 aromatic rings. The fourth-order valence-corrected chi connectivity index (χ4v) is 2.65. The number of aromatic nitrogens is 1. The van der Waals surface area contributed by atoms with Gasteiger partial charge in [0, 0.05) is 11.8 Å². The first-order valence-corrected chi connectivity index (χ1v) is 8.81. The van der Waals surface area contributed by atoms with Gasteiger partial charge in [0.05, 0.1) is 29.9 Å². The van der Waals surface area contributed by atoms with Gasteiger partial charge in [0.15, 0.2) is 0 Å². The third kappa shape index (κ3) is 4.72. The summed E-state index contributed by atoms with van der Waals surface area (Å²) >= 11 is 0. The van der Waals surface area contributed by atoms with Crippen LogP contribution < -0.4 is 14.8 Å². The Bertz CT molecular complexity index is 1120. The SMILES string of the molecule is COc1ccc(OCc2ccccc2C#N)cc1C(=O)Nc1ccc(C(=O)O)cn1. The number of pyridine rings is 1. The summed E-state index contributed by atoms with van der Waals surface area (Å²) in [4.78, 5) is 27.5. The van der Waals surface area contributed by atoms with Gasteiger partial charge in [-0.2, -0.15) is 5.26 Å². The molecule has 2 N–H and O–H groups in total. The van der Waals surface area contributed by atoms with Crippen molar-refractivity contribution in [3.63, 3.8) is 0 Å². The molecule has 0 saturated heterocycles. The van der Waals surface area contributed by atoms with Gasteiger partial charge < -0.3 is 19.9 Å². The Hall–Kier alpha value is -4.38. The third-order valence-corrected chi connectivity index (χ3v) is 4.20. The second-order valence-electron chi connectivity index (χ2n) is 6.11. The van der Waals surface area contributed by atoms with Gasteiger partial charge in [-0.15, -0.1) is 0 Å². The van der Waals surface area contributed by atoms with Crippen molar-refractivity contribution < 1.29 is 24.2 Å². The van der Waals surface area contributed by atoms with Crippen LogP contribution in [0.4, 0.5) is 5.82 Å². The van der Waals surface area contributed by atoms with Crippen molar-refractivity contribution in [1.29, 1.82) is 5.26 Å². The molecule has 1 amide bonds. The molecule has 1 heterocycles. The van der Waals surface area contributed by atoms with Gasteiger partial charge in [-0.25, -0.2) is 9.78 Å². The van der Waals surface area contributed by atoms with E-state index in [0.717, 1.165) is 11.8 Å². The van der Waals surface area contributed by atoms with Gasteiger partial charge in [-0.1, -0.05) is 18.2 Å². The van der Waals surface area contributed by atoms with E-state index in [9.17, 15) is 14.9 Å². The smallest absolute Gasteiger partial charge is 0.337 e. The molecule has 0 atom stereocenters. The van der Waals surface area contributed by atoms with E-state index in [1.54, 1.807) is 30.3 Å². The van der Waals surface area contributed by atoms with Crippen molar-refractivity contribution in [3.8, 4) is 17.6 Å². The number of carbonyl (C=O) groups is 2. The number of hydrogen-bond donors (Lipinski definition) is 2. The molecule has 2 aromatic carbocycles. The minimum atomic E-state index is -1.11. The van der Waals surface area contributed by atoms with Crippen LogP contribution in [0.25, 0.3) is 0 Å². The fourth-order valence-electron chi connectivity index (χ4n) is 2.65. The summed E-state index contributed by atoms with van der Waals surface area (Å²) in [6.07, 6.45) is 1.15. The van der Waals surface area contributed by atoms with Gasteiger partial charge in [0.2, 0.25) is 0 Å². The van der Waals surface area contributed by atoms with Crippen molar-refractivity contribution in [2.45, 2.75) is 6.61 Å². The lowest BCUT2D eigenvalue weighted by molar-refractivity contribution is 0.0696. The summed E-state index contributed by atoms with van der Waals surface area (Å²) in [5, 5.41) is 20.7. The summed E-state index contributed by atoms with van der Waals surface area (Å²) in [6, 6.07) is 16.7. The molecule has 0 aliphatic heterocycles. The molecule has 1 aromatic heterocycles. The summed E-state index contributed by atoms with van der Waals surface area (Å²) in [7, 11) is 1.44. The number of hydrogen-bond acceptors (Lipinski definition) is 6. The van der Waals surface area contributed by atoms with Crippen molar-refractivity contribution in [2.75, 3.05) is 12.4 Å². The van der Waals surface area contributed by atoms with Crippen molar-refractivity contribution in [1.82, 2.24) is 4.98 Å². The maximum Gasteiger partial charge on any atom is 0.337 e. The van der Waals surface area contributed by atoms with Crippen LogP contribution in [0.2, 0.25) is 0 Å². The Labute approximate surface area is 172 Å². The number of carboxylic acid groups (broad SMARTS) is 1. The highest BCUT2D eigenvalue weighted by Crippen LogP contribution is 2.26. The number of benzene rings is 2. The first kappa shape index (κ1) is 20.4. The lowest BCUT2D eigenvalue weighted by Crippen LogP contribution is -2.14. The number of nitrogens with zero attached hydrogens (tertiary/aromatic N) is 2. The molecule has 0 radical (unpaired) electrons. The topological polar surface area (TPSA) is 122 Å². The maximum atomic E-state index is 12.7. The molecule has 0 aliphatic carbocycles. The van der Waals surface area contributed by atoms with E-state index in [-0.39, 0.29) is 23.6 Å². The number of anilines is 1. The molecule has 30 heavy (non-hydrogen) atoms. The van der Waals surface area contributed by atoms with E-state index in [1.807, 2.05) is 6.07 Å². The van der Waals surface area contributed by atoms with Crippen molar-refractivity contribution in [3.05, 3.63) is 83.0 Å². The minimum absolute atomic E-state index is 0.0126. The van der Waals surface area contributed by atoms with Crippen molar-refractivity contribution in [2.24, 2.45) is 0 Å². The molecule has 0 spiro atoms. The largest absolute Gasteiger partial charge is 0.496 e. The second kappa shape index (κ2) is 9.21. The molecule has 8 nitrogen and oxygen atoms in total. The van der Waals surface area contributed by atoms with Crippen LogP contribution in [-0.4, -0.2) is 29.1 Å². The fraction of sp³-hybridized carbons (Fsp3) is 0.0909. The monoisotopic (exact) mass is 403 g/mol. The van der Waals surface area contributed by atoms with Crippen LogP contribution in [0.15, 0.2) is 60.8 Å². The standard InChI is InChI=1S/C22H17N3O5/c1-29-19-8-7-17(30-13-16-5-3-2-4-14(16)11-23)10-18(19)21(26)25-20-9-6-15(12-24-20)22(27)28/h2-10,12H,13H2,1H3,(H,27,28)(H,24,25,26). The number of nitriles is 1. The second-order valence-corrected chi connectivity index (χ2v) is 6.11. The number of nitrogens with one attached hydrogen (secondary N) is 1. The van der Waals surface area contributed by atoms with Crippen LogP contribution in [0.3, 0.4) is 0 Å². The average molecular weight is 403 g/mol. The van der Waals surface area contributed by atoms with Crippen LogP contribution in [0.5, 0.6) is 11.5 Å². The number of ether oxygens (including phenoxy) is 2. The highest BCUT2D eigenvalue weighted by Gasteiger charge is 2.15. The van der Waals surface area contributed by atoms with Crippen LogP contribution >= 0.6 is 0 Å². The summed E-state index contributed by atoms with van der Waals surface area (Å²) < 4.78 is 11.0. The van der Waals surface area contributed by atoms with Crippen LogP contribution in [0, 0.1) is 11.3 Å². The molecule has 0 saturated carbocycles. The predicted molar refractivity (Wildman–Crippen MR) is 108 cm³/mol. The first-order chi connectivity index (χ1) is 14.5. The van der Waals surface area contributed by atoms with Gasteiger partial charge in [0.1, 0.15) is 23.9 Å². The van der Waals surface area contributed by atoms with E-state index in [4.69, 9.17) is 14.6 Å².